The number of amides is 3. The normalized spacial score (nSPS) is 23.0. The maximum Gasteiger partial charge on any atom is 0.443 e. The Bertz CT molecular complexity index is 1300. The second kappa shape index (κ2) is 12.9. The van der Waals surface area contributed by atoms with Crippen molar-refractivity contribution in [3.63, 3.8) is 0 Å². The Balaban J connectivity index is 1.70. The monoisotopic (exact) mass is 580 g/mol. The van der Waals surface area contributed by atoms with Gasteiger partial charge in [0.05, 0.1) is 24.1 Å². The predicted octanol–water partition coefficient (Wildman–Crippen LogP) is 4.95. The van der Waals surface area contributed by atoms with Crippen molar-refractivity contribution in [2.24, 2.45) is 23.7 Å². The zero-order chi connectivity index (χ0) is 30.6. The molecule has 1 heterocycles. The van der Waals surface area contributed by atoms with Gasteiger partial charge >= 0.3 is 12.1 Å². The van der Waals surface area contributed by atoms with Gasteiger partial charge in [0, 0.05) is 19.3 Å². The van der Waals surface area contributed by atoms with E-state index in [1.165, 1.54) is 6.92 Å². The van der Waals surface area contributed by atoms with E-state index < -0.39 is 48.2 Å². The van der Waals surface area contributed by atoms with Crippen molar-refractivity contribution >= 4 is 23.9 Å². The molecular weight excluding hydrogens is 540 g/mol. The van der Waals surface area contributed by atoms with E-state index in [1.807, 2.05) is 19.9 Å². The number of hydrogen-bond acceptors (Lipinski definition) is 8. The molecule has 0 saturated heterocycles. The van der Waals surface area contributed by atoms with Gasteiger partial charge in [0.15, 0.2) is 5.72 Å². The summed E-state index contributed by atoms with van der Waals surface area (Å²) in [5.41, 5.74) is -0.345. The summed E-state index contributed by atoms with van der Waals surface area (Å²) >= 11 is 0. The van der Waals surface area contributed by atoms with Gasteiger partial charge < -0.3 is 19.4 Å². The molecule has 0 aromatic heterocycles. The van der Waals surface area contributed by atoms with Crippen molar-refractivity contribution in [2.75, 3.05) is 6.54 Å². The molecule has 2 aromatic rings. The van der Waals surface area contributed by atoms with Gasteiger partial charge in [-0.1, -0.05) is 63.2 Å². The Morgan fingerprint density at radius 1 is 1.07 bits per heavy atom. The summed E-state index contributed by atoms with van der Waals surface area (Å²) in [7, 11) is 0. The summed E-state index contributed by atoms with van der Waals surface area (Å²) in [4.78, 5) is 59.9. The molecule has 42 heavy (non-hydrogen) atoms. The van der Waals surface area contributed by atoms with Crippen LogP contribution in [0.15, 0.2) is 54.6 Å². The number of hydrogen-bond donors (Lipinski definition) is 1. The van der Waals surface area contributed by atoms with Crippen molar-refractivity contribution in [3.8, 4) is 5.75 Å². The first-order chi connectivity index (χ1) is 19.9. The average Bonchev–Trinajstić information content (AvgIpc) is 2.93. The van der Waals surface area contributed by atoms with Crippen molar-refractivity contribution in [3.05, 3.63) is 65.7 Å². The third kappa shape index (κ3) is 6.43. The number of aliphatic hydroxyl groups excluding tert-OH is 1. The van der Waals surface area contributed by atoms with Crippen LogP contribution in [0.25, 0.3) is 0 Å². The number of hydroxylamine groups is 2. The van der Waals surface area contributed by atoms with Crippen LogP contribution in [0.5, 0.6) is 5.75 Å². The predicted molar refractivity (Wildman–Crippen MR) is 153 cm³/mol. The highest BCUT2D eigenvalue weighted by Gasteiger charge is 2.58. The second-order valence-electron chi connectivity index (χ2n) is 11.7. The van der Waals surface area contributed by atoms with Crippen LogP contribution in [-0.4, -0.2) is 57.3 Å². The Kier molecular flexibility index (Phi) is 9.56. The van der Waals surface area contributed by atoms with Crippen LogP contribution in [0.3, 0.4) is 0 Å². The van der Waals surface area contributed by atoms with Crippen LogP contribution in [0.4, 0.5) is 4.79 Å². The van der Waals surface area contributed by atoms with Gasteiger partial charge in [0.1, 0.15) is 12.4 Å². The summed E-state index contributed by atoms with van der Waals surface area (Å²) < 4.78 is 12.0. The van der Waals surface area contributed by atoms with Crippen molar-refractivity contribution in [1.82, 2.24) is 9.96 Å². The van der Waals surface area contributed by atoms with Gasteiger partial charge in [-0.3, -0.25) is 14.4 Å². The highest BCUT2D eigenvalue weighted by molar-refractivity contribution is 6.08. The van der Waals surface area contributed by atoms with Gasteiger partial charge in [-0.15, -0.1) is 5.06 Å². The largest absolute Gasteiger partial charge is 0.466 e. The second-order valence-corrected chi connectivity index (χ2v) is 11.7. The van der Waals surface area contributed by atoms with Crippen LogP contribution >= 0.6 is 0 Å². The molecular formula is C32H40N2O8. The first-order valence-corrected chi connectivity index (χ1v) is 14.5. The van der Waals surface area contributed by atoms with E-state index in [0.29, 0.717) is 22.8 Å². The molecule has 10 heteroatoms. The minimum Gasteiger partial charge on any atom is -0.466 e. The van der Waals surface area contributed by atoms with E-state index >= 15 is 0 Å². The number of carbonyl (C=O) groups excluding carboxylic acids is 4. The molecule has 2 aromatic carbocycles. The fourth-order valence-corrected chi connectivity index (χ4v) is 6.10. The molecule has 4 rings (SSSR count). The van der Waals surface area contributed by atoms with E-state index in [2.05, 4.69) is 6.92 Å². The molecule has 3 amide bonds. The van der Waals surface area contributed by atoms with E-state index in [0.717, 1.165) is 24.7 Å². The number of imide groups is 1. The number of rotatable bonds is 7. The minimum atomic E-state index is -1.34. The molecule has 0 unspecified atom stereocenters. The highest BCUT2D eigenvalue weighted by Crippen LogP contribution is 2.49. The molecule has 1 N–H and O–H groups in total. The van der Waals surface area contributed by atoms with Crippen LogP contribution in [0.2, 0.25) is 0 Å². The maximum atomic E-state index is 14.5. The lowest BCUT2D eigenvalue weighted by molar-refractivity contribution is -0.193. The van der Waals surface area contributed by atoms with Gasteiger partial charge in [0.25, 0.3) is 5.91 Å². The lowest BCUT2D eigenvalue weighted by atomic mass is 9.69. The Hall–Kier alpha value is -3.92. The van der Waals surface area contributed by atoms with Crippen molar-refractivity contribution in [1.29, 1.82) is 0 Å². The number of nitrogens with zero attached hydrogens (tertiary/aromatic N) is 2. The van der Waals surface area contributed by atoms with Crippen LogP contribution in [-0.2, 0) is 25.8 Å². The van der Waals surface area contributed by atoms with Gasteiger partial charge in [-0.05, 0) is 49.3 Å². The van der Waals surface area contributed by atoms with Crippen LogP contribution in [0, 0.1) is 23.7 Å². The SMILES string of the molecule is CC(=O)ON(C[C@H](C(=O)N1C(=O)c2ccccc2O[C@]12C[C@H](C)CC[C@H]2C(C)C)[C@@H](C)O)C(=O)OCc1ccccc1. The first-order valence-electron chi connectivity index (χ1n) is 14.5. The topological polar surface area (TPSA) is 123 Å². The number of para-hydroxylation sites is 1. The Morgan fingerprint density at radius 3 is 2.38 bits per heavy atom. The van der Waals surface area contributed by atoms with Gasteiger partial charge in [0.2, 0.25) is 5.91 Å². The summed E-state index contributed by atoms with van der Waals surface area (Å²) in [6.07, 6.45) is -0.263. The van der Waals surface area contributed by atoms with E-state index in [9.17, 15) is 24.3 Å². The molecule has 10 nitrogen and oxygen atoms in total. The quantitative estimate of drug-likeness (QED) is 0.457. The van der Waals surface area contributed by atoms with Gasteiger partial charge in [-0.2, -0.15) is 0 Å². The number of ether oxygens (including phenoxy) is 2. The Morgan fingerprint density at radius 2 is 1.74 bits per heavy atom. The van der Waals surface area contributed by atoms with Gasteiger partial charge in [-0.25, -0.2) is 9.69 Å². The third-order valence-corrected chi connectivity index (χ3v) is 8.11. The van der Waals surface area contributed by atoms with E-state index in [1.54, 1.807) is 48.5 Å². The summed E-state index contributed by atoms with van der Waals surface area (Å²) in [6, 6.07) is 15.7. The summed E-state index contributed by atoms with van der Waals surface area (Å²) in [6.45, 7) is 8.01. The lowest BCUT2D eigenvalue weighted by Gasteiger charge is -2.55. The highest BCUT2D eigenvalue weighted by atomic mass is 16.7. The molecule has 0 bridgehead atoms. The minimum absolute atomic E-state index is 0.0707. The number of aliphatic hydroxyl groups is 1. The molecule has 1 saturated carbocycles. The number of fused-ring (bicyclic) bond motifs is 1. The molecule has 1 aliphatic heterocycles. The van der Waals surface area contributed by atoms with E-state index in [4.69, 9.17) is 14.3 Å². The third-order valence-electron chi connectivity index (χ3n) is 8.11. The van der Waals surface area contributed by atoms with E-state index in [-0.39, 0.29) is 29.9 Å². The molecule has 0 radical (unpaired) electrons. The number of carbonyl (C=O) groups is 4. The molecule has 5 atom stereocenters. The molecule has 1 fully saturated rings. The van der Waals surface area contributed by atoms with Crippen LogP contribution < -0.4 is 4.74 Å². The number of benzene rings is 2. The Labute approximate surface area is 246 Å². The molecule has 1 aliphatic carbocycles. The zero-order valence-corrected chi connectivity index (χ0v) is 24.8. The van der Waals surface area contributed by atoms with Crippen molar-refractivity contribution < 1.29 is 38.6 Å². The fourth-order valence-electron chi connectivity index (χ4n) is 6.10. The zero-order valence-electron chi connectivity index (χ0n) is 24.8. The lowest BCUT2D eigenvalue weighted by Crippen LogP contribution is -2.69. The standard InChI is InChI=1S/C32H40N2O8/c1-20(2)27-16-15-21(3)17-32(27)34(29(37)25-13-9-10-14-28(25)41-32)30(38)26(22(4)35)18-33(42-23(5)36)31(39)40-19-24-11-7-6-8-12-24/h6-14,20-22,26-27,35H,15-19H2,1-5H3/t21-,22-,26+,27+,32+/m1/s1. The smallest absolute Gasteiger partial charge is 0.443 e. The maximum absolute atomic E-state index is 14.5. The average molecular weight is 581 g/mol. The molecule has 226 valence electrons. The molecule has 1 spiro atoms. The summed E-state index contributed by atoms with van der Waals surface area (Å²) in [5.74, 6) is -2.95. The fraction of sp³-hybridized carbons (Fsp3) is 0.500. The first kappa shape index (κ1) is 31.0. The molecule has 2 aliphatic rings. The summed E-state index contributed by atoms with van der Waals surface area (Å²) in [5, 5.41) is 11.5. The van der Waals surface area contributed by atoms with Crippen molar-refractivity contribution in [2.45, 2.75) is 72.3 Å². The van der Waals surface area contributed by atoms with Crippen LogP contribution in [0.1, 0.15) is 69.8 Å².